The number of ether oxygens (including phenoxy) is 2. The molecule has 2 fully saturated rings. The second kappa shape index (κ2) is 7.00. The molecule has 1 amide bonds. The van der Waals surface area contributed by atoms with E-state index in [0.717, 1.165) is 11.4 Å². The molecule has 1 aromatic carbocycles. The van der Waals surface area contributed by atoms with Crippen LogP contribution in [0.4, 0.5) is 5.82 Å². The van der Waals surface area contributed by atoms with Crippen LogP contribution in [-0.2, 0) is 19.8 Å². The van der Waals surface area contributed by atoms with E-state index >= 15 is 0 Å². The highest BCUT2D eigenvalue weighted by molar-refractivity contribution is 5.89. The second-order valence-electron chi connectivity index (χ2n) is 6.78. The first-order valence-corrected chi connectivity index (χ1v) is 8.90. The summed E-state index contributed by atoms with van der Waals surface area (Å²) in [6, 6.07) is 13.5. The van der Waals surface area contributed by atoms with Gasteiger partial charge in [-0.05, 0) is 24.1 Å². The topological polar surface area (TPSA) is 80.8 Å². The van der Waals surface area contributed by atoms with Crippen molar-refractivity contribution in [3.8, 4) is 0 Å². The van der Waals surface area contributed by atoms with Gasteiger partial charge in [-0.2, -0.15) is 0 Å². The van der Waals surface area contributed by atoms with Gasteiger partial charge in [-0.25, -0.2) is 9.78 Å². The molecule has 2 aliphatic rings. The highest BCUT2D eigenvalue weighted by atomic mass is 16.5. The van der Waals surface area contributed by atoms with Crippen molar-refractivity contribution in [3.63, 3.8) is 0 Å². The molecule has 1 aromatic heterocycles. The largest absolute Gasteiger partial charge is 0.465 e. The number of aromatic nitrogens is 1. The number of esters is 1. The number of fused-ring (bicyclic) bond motifs is 1. The average Bonchev–Trinajstić information content (AvgIpc) is 2.73. The van der Waals surface area contributed by atoms with Crippen LogP contribution in [0, 0.1) is 0 Å². The maximum Gasteiger partial charge on any atom is 0.339 e. The van der Waals surface area contributed by atoms with E-state index in [2.05, 4.69) is 15.2 Å². The van der Waals surface area contributed by atoms with Crippen molar-refractivity contribution in [2.24, 2.45) is 0 Å². The summed E-state index contributed by atoms with van der Waals surface area (Å²) in [5.74, 6) is 0.267. The van der Waals surface area contributed by atoms with E-state index in [9.17, 15) is 9.59 Å². The third kappa shape index (κ3) is 3.14. The van der Waals surface area contributed by atoms with Gasteiger partial charge in [0.1, 0.15) is 18.5 Å². The summed E-state index contributed by atoms with van der Waals surface area (Å²) in [4.78, 5) is 30.2. The van der Waals surface area contributed by atoms with Crippen LogP contribution in [0.3, 0.4) is 0 Å². The summed E-state index contributed by atoms with van der Waals surface area (Å²) in [6.07, 6.45) is 2.03. The number of carbonyl (C=O) groups is 2. The van der Waals surface area contributed by atoms with E-state index < -0.39 is 11.5 Å². The normalized spacial score (nSPS) is 24.7. The minimum atomic E-state index is -0.529. The molecule has 0 bridgehead atoms. The molecule has 7 nitrogen and oxygen atoms in total. The van der Waals surface area contributed by atoms with Crippen LogP contribution in [0.1, 0.15) is 22.3 Å². The molecule has 1 N–H and O–H groups in total. The zero-order valence-electron chi connectivity index (χ0n) is 15.1. The van der Waals surface area contributed by atoms with E-state index in [1.807, 2.05) is 36.4 Å². The van der Waals surface area contributed by atoms with Crippen LogP contribution in [0.15, 0.2) is 48.7 Å². The van der Waals surface area contributed by atoms with Crippen molar-refractivity contribution in [2.45, 2.75) is 18.1 Å². The van der Waals surface area contributed by atoms with Crippen LogP contribution < -0.4 is 10.2 Å². The number of methoxy groups -OCH3 is 1. The molecular formula is C20H21N3O4. The number of amides is 1. The van der Waals surface area contributed by atoms with Crippen molar-refractivity contribution in [2.75, 3.05) is 31.7 Å². The summed E-state index contributed by atoms with van der Waals surface area (Å²) in [5.41, 5.74) is 0.939. The Bertz CT molecular complexity index is 840. The molecule has 2 saturated heterocycles. The Morgan fingerprint density at radius 1 is 1.30 bits per heavy atom. The fraction of sp³-hybridized carbons (Fsp3) is 0.350. The van der Waals surface area contributed by atoms with E-state index in [1.54, 1.807) is 6.07 Å². The maximum atomic E-state index is 12.1. The molecule has 0 spiro atoms. The number of rotatable bonds is 3. The van der Waals surface area contributed by atoms with Gasteiger partial charge in [0.2, 0.25) is 5.91 Å². The second-order valence-corrected chi connectivity index (χ2v) is 6.78. The Morgan fingerprint density at radius 2 is 2.11 bits per heavy atom. The zero-order valence-corrected chi connectivity index (χ0v) is 15.1. The number of anilines is 1. The van der Waals surface area contributed by atoms with Gasteiger partial charge in [0.25, 0.3) is 0 Å². The summed E-state index contributed by atoms with van der Waals surface area (Å²) in [7, 11) is 1.35. The molecule has 0 radical (unpaired) electrons. The Kier molecular flexibility index (Phi) is 4.53. The lowest BCUT2D eigenvalue weighted by Gasteiger charge is -2.50. The Labute approximate surface area is 157 Å². The summed E-state index contributed by atoms with van der Waals surface area (Å²) < 4.78 is 10.6. The Morgan fingerprint density at radius 3 is 2.81 bits per heavy atom. The number of morpholine rings is 1. The molecule has 3 heterocycles. The summed E-state index contributed by atoms with van der Waals surface area (Å²) in [6.45, 7) is 1.36. The fourth-order valence-electron chi connectivity index (χ4n) is 3.88. The molecule has 27 heavy (non-hydrogen) atoms. The number of nitrogens with zero attached hydrogens (tertiary/aromatic N) is 2. The van der Waals surface area contributed by atoms with Crippen LogP contribution in [0.2, 0.25) is 0 Å². The van der Waals surface area contributed by atoms with Crippen LogP contribution in [-0.4, -0.2) is 49.8 Å². The summed E-state index contributed by atoms with van der Waals surface area (Å²) >= 11 is 0. The molecule has 2 atom stereocenters. The number of nitrogens with one attached hydrogen (secondary N) is 1. The maximum absolute atomic E-state index is 12.1. The average molecular weight is 367 g/mol. The highest BCUT2D eigenvalue weighted by Crippen LogP contribution is 2.38. The van der Waals surface area contributed by atoms with Gasteiger partial charge in [0.05, 0.1) is 18.2 Å². The smallest absolute Gasteiger partial charge is 0.339 e. The third-order valence-electron chi connectivity index (χ3n) is 5.27. The van der Waals surface area contributed by atoms with Crippen LogP contribution in [0.25, 0.3) is 0 Å². The minimum absolute atomic E-state index is 0.0573. The predicted molar refractivity (Wildman–Crippen MR) is 98.4 cm³/mol. The lowest BCUT2D eigenvalue weighted by atomic mass is 9.77. The first-order chi connectivity index (χ1) is 13.1. The van der Waals surface area contributed by atoms with E-state index in [0.29, 0.717) is 25.1 Å². The molecule has 4 rings (SSSR count). The molecular weight excluding hydrogens is 346 g/mol. The molecule has 0 saturated carbocycles. The minimum Gasteiger partial charge on any atom is -0.465 e. The van der Waals surface area contributed by atoms with Gasteiger partial charge in [0, 0.05) is 19.3 Å². The van der Waals surface area contributed by atoms with Crippen LogP contribution in [0.5, 0.6) is 0 Å². The lowest BCUT2D eigenvalue weighted by molar-refractivity contribution is -0.146. The number of pyridine rings is 1. The number of piperidine rings is 1. The number of benzene rings is 1. The predicted octanol–water partition coefficient (Wildman–Crippen LogP) is 1.49. The zero-order chi connectivity index (χ0) is 18.9. The standard InChI is InChI=1S/C20H21N3O4/c1-26-19(25)14-7-8-17(21-11-14)23-10-9-20(15-5-3-2-4-6-15)16(12-23)27-13-18(24)22-20/h2-8,11,16H,9-10,12-13H2,1H3,(H,22,24)/t16-,20+/m1/s1. The molecule has 140 valence electrons. The van der Waals surface area contributed by atoms with Crippen molar-refractivity contribution < 1.29 is 19.1 Å². The van der Waals surface area contributed by atoms with Crippen molar-refractivity contribution in [3.05, 3.63) is 59.8 Å². The molecule has 2 aliphatic heterocycles. The van der Waals surface area contributed by atoms with Gasteiger partial charge < -0.3 is 19.7 Å². The van der Waals surface area contributed by atoms with Crippen molar-refractivity contribution in [1.82, 2.24) is 10.3 Å². The third-order valence-corrected chi connectivity index (χ3v) is 5.27. The SMILES string of the molecule is COC(=O)c1ccc(N2CC[C@@]3(c4ccccc4)NC(=O)CO[C@@H]3C2)nc1. The van der Waals surface area contributed by atoms with Crippen molar-refractivity contribution >= 4 is 17.7 Å². The number of hydrogen-bond donors (Lipinski definition) is 1. The molecule has 2 aromatic rings. The van der Waals surface area contributed by atoms with E-state index in [1.165, 1.54) is 13.3 Å². The number of carbonyl (C=O) groups excluding carboxylic acids is 2. The molecule has 0 unspecified atom stereocenters. The monoisotopic (exact) mass is 367 g/mol. The highest BCUT2D eigenvalue weighted by Gasteiger charge is 2.49. The van der Waals surface area contributed by atoms with Gasteiger partial charge in [-0.15, -0.1) is 0 Å². The Balaban J connectivity index is 1.58. The molecule has 0 aliphatic carbocycles. The number of hydrogen-bond acceptors (Lipinski definition) is 6. The Hall–Kier alpha value is -2.93. The lowest BCUT2D eigenvalue weighted by Crippen LogP contribution is -2.66. The summed E-state index contributed by atoms with van der Waals surface area (Å²) in [5, 5.41) is 3.18. The first kappa shape index (κ1) is 17.5. The van der Waals surface area contributed by atoms with E-state index in [4.69, 9.17) is 9.47 Å². The van der Waals surface area contributed by atoms with Crippen LogP contribution >= 0.6 is 0 Å². The van der Waals surface area contributed by atoms with Gasteiger partial charge in [-0.1, -0.05) is 30.3 Å². The fourth-order valence-corrected chi connectivity index (χ4v) is 3.88. The molecule has 7 heteroatoms. The quantitative estimate of drug-likeness (QED) is 0.828. The van der Waals surface area contributed by atoms with E-state index in [-0.39, 0.29) is 18.6 Å². The van der Waals surface area contributed by atoms with Gasteiger partial charge in [-0.3, -0.25) is 4.79 Å². The van der Waals surface area contributed by atoms with Gasteiger partial charge in [0.15, 0.2) is 0 Å². The van der Waals surface area contributed by atoms with Gasteiger partial charge >= 0.3 is 5.97 Å². The van der Waals surface area contributed by atoms with Crippen molar-refractivity contribution in [1.29, 1.82) is 0 Å². The first-order valence-electron chi connectivity index (χ1n) is 8.90.